The molecule has 0 radical (unpaired) electrons. The van der Waals surface area contributed by atoms with Crippen molar-refractivity contribution < 1.29 is 112 Å². The van der Waals surface area contributed by atoms with Crippen molar-refractivity contribution in [3.05, 3.63) is 25.3 Å². The van der Waals surface area contributed by atoms with Gasteiger partial charge in [-0.1, -0.05) is 223 Å². The first-order chi connectivity index (χ1) is 54.0. The van der Waals surface area contributed by atoms with E-state index < -0.39 is 0 Å². The van der Waals surface area contributed by atoms with Crippen LogP contribution < -0.4 is 29.6 Å². The van der Waals surface area contributed by atoms with E-state index in [0.717, 1.165) is 102 Å². The van der Waals surface area contributed by atoms with Gasteiger partial charge in [0.25, 0.3) is 0 Å². The number of halogens is 7. The van der Waals surface area contributed by atoms with Gasteiger partial charge in [-0.15, -0.1) is 108 Å². The van der Waals surface area contributed by atoms with Crippen LogP contribution in [-0.4, -0.2) is 222 Å². The topological polar surface area (TPSA) is 223 Å². The SMILES string of the molecule is C=CCCCCCCCCCOCCO.C=CCCCCCCCCCOCCOCC(=O)CCl.CC(=O)S.CC(=O)SCCCCCCCCCCCOCCOCC(=O)CCl.Cl.O=C(CCl)CCl.O=C(CCl)COCCOCCCCCCCCCCCS.O=C(CCl)COCCOCCCCCCCCCCCS.[H-].[Na+]. The van der Waals surface area contributed by atoms with Crippen molar-refractivity contribution in [1.82, 2.24) is 0 Å². The fraction of sp³-hybridized carbons (Fsp3) is 0.869. The number of unbranched alkanes of at least 4 members (excludes halogenated alkanes) is 38. The van der Waals surface area contributed by atoms with Gasteiger partial charge in [0.15, 0.2) is 39.1 Å². The fourth-order valence-corrected chi connectivity index (χ4v) is 11.3. The van der Waals surface area contributed by atoms with Crippen LogP contribution in [-0.2, 0) is 76.2 Å². The number of hydrogen-bond acceptors (Lipinski definition) is 20. The first-order valence-corrected chi connectivity index (χ1v) is 47.5. The van der Waals surface area contributed by atoms with Gasteiger partial charge in [-0.2, -0.15) is 25.3 Å². The van der Waals surface area contributed by atoms with Crippen LogP contribution in [0, 0.1) is 0 Å². The summed E-state index contributed by atoms with van der Waals surface area (Å²) in [6, 6.07) is 0. The predicted molar refractivity (Wildman–Crippen MR) is 492 cm³/mol. The number of ether oxygens (including phenoxy) is 9. The molecule has 0 spiro atoms. The summed E-state index contributed by atoms with van der Waals surface area (Å²) in [5, 5.41) is 8.57. The van der Waals surface area contributed by atoms with Crippen LogP contribution in [0.4, 0.5) is 0 Å². The smallest absolute Gasteiger partial charge is 1.00 e. The Hall–Kier alpha value is 1.20. The van der Waals surface area contributed by atoms with E-state index in [1.54, 1.807) is 6.92 Å². The zero-order chi connectivity index (χ0) is 83.7. The van der Waals surface area contributed by atoms with Crippen molar-refractivity contribution in [1.29, 1.82) is 0 Å². The molecule has 0 amide bonds. The number of thioether (sulfide) groups is 1. The molecule has 113 heavy (non-hydrogen) atoms. The van der Waals surface area contributed by atoms with Crippen LogP contribution in [0.5, 0.6) is 0 Å². The standard InChI is InChI=1S/C18H33ClO4S.2C16H31ClO3S.C16H29ClO3.C13H26O2.C3H4Cl2O.C2H4OS.ClH.Na.H/c1-17(20)24-14-10-8-6-4-2-3-5-7-9-11-22-12-13-23-16-18(21)15-19;2*17-14-16(18)15-20-12-11-19-10-8-6-4-2-1-3-5-7-9-13-21;1-2-3-4-5-6-7-8-9-10-11-19-12-13-20-15-16(18)14-17;1-2-3-4-5-6-7-8-9-10-12-15-13-11-14;4-1-3(6)2-5;1-2(3)4;;;/h2-16H2,1H3;2*21H,1-15H2;2H,1,3-15H2;2,14H,1,3-13H2;1-2H2;1H3,(H,3,4);1H;;/q;;;;;;;;+1;-1. The first-order valence-electron chi connectivity index (χ1n) is 41.6. The quantitative estimate of drug-likeness (QED) is 0.0146. The average molecular weight is 1840 g/mol. The molecule has 0 aliphatic heterocycles. The second kappa shape index (κ2) is 129. The molecule has 0 heterocycles. The second-order valence-corrected chi connectivity index (χ2v) is 30.8. The maximum Gasteiger partial charge on any atom is 1.00 e. The van der Waals surface area contributed by atoms with E-state index in [-0.39, 0.29) is 151 Å². The number of Topliss-reactive ketones (excluding diaryl/α,β-unsaturated/α-hetero) is 5. The van der Waals surface area contributed by atoms with Crippen LogP contribution in [0.1, 0.15) is 291 Å². The Morgan fingerprint density at radius 3 is 0.681 bits per heavy atom. The Balaban J connectivity index is -0.000000143. The largest absolute Gasteiger partial charge is 1.00 e. The molecule has 1 N–H and O–H groups in total. The van der Waals surface area contributed by atoms with Crippen molar-refractivity contribution >= 4 is 171 Å². The van der Waals surface area contributed by atoms with E-state index in [2.05, 4.69) is 51.0 Å². The molecule has 0 aromatic rings. The van der Waals surface area contributed by atoms with Crippen LogP contribution in [0.2, 0.25) is 0 Å². The van der Waals surface area contributed by atoms with Gasteiger partial charge in [-0.3, -0.25) is 33.6 Å². The van der Waals surface area contributed by atoms with Gasteiger partial charge in [0, 0.05) is 52.6 Å². The molecule has 0 aliphatic rings. The minimum Gasteiger partial charge on any atom is -1.00 e. The van der Waals surface area contributed by atoms with Crippen LogP contribution in [0.25, 0.3) is 0 Å². The fourth-order valence-electron chi connectivity index (χ4n) is 9.60. The molecule has 0 atom stereocenters. The Bertz CT molecular complexity index is 1870. The van der Waals surface area contributed by atoms with Gasteiger partial charge in [0.1, 0.15) is 26.4 Å². The van der Waals surface area contributed by atoms with Crippen LogP contribution >= 0.6 is 132 Å². The molecule has 0 unspecified atom stereocenters. The molecule has 0 fully saturated rings. The van der Waals surface area contributed by atoms with Crippen LogP contribution in [0.3, 0.4) is 0 Å². The third-order valence-corrected chi connectivity index (χ3v) is 19.0. The van der Waals surface area contributed by atoms with E-state index in [4.69, 9.17) is 117 Å². The van der Waals surface area contributed by atoms with E-state index in [1.165, 1.54) is 243 Å². The molecular weight excluding hydrogens is 1680 g/mol. The number of allylic oxidation sites excluding steroid dienone is 2. The van der Waals surface area contributed by atoms with Crippen LogP contribution in [0.15, 0.2) is 25.3 Å². The summed E-state index contributed by atoms with van der Waals surface area (Å²) in [5.74, 6) is 2.70. The Labute approximate surface area is 769 Å². The molecule has 0 aromatic heterocycles. The number of carbonyl (C=O) groups is 7. The van der Waals surface area contributed by atoms with Crippen molar-refractivity contribution in [2.45, 2.75) is 290 Å². The summed E-state index contributed by atoms with van der Waals surface area (Å²) in [5.41, 5.74) is 0. The van der Waals surface area contributed by atoms with Crippen molar-refractivity contribution in [2.24, 2.45) is 0 Å². The first kappa shape index (κ1) is 132. The van der Waals surface area contributed by atoms with Gasteiger partial charge in [-0.05, 0) is 88.6 Å². The number of carbonyl (C=O) groups excluding carboxylic acids is 7. The van der Waals surface area contributed by atoms with E-state index in [9.17, 15) is 33.6 Å². The third kappa shape index (κ3) is 154. The maximum absolute atomic E-state index is 10.9. The molecule has 17 nitrogen and oxygen atoms in total. The number of ketones is 5. The summed E-state index contributed by atoms with van der Waals surface area (Å²) >= 11 is 44.6. The Morgan fingerprint density at radius 1 is 0.310 bits per heavy atom. The molecule has 29 heteroatoms. The van der Waals surface area contributed by atoms with E-state index in [1.807, 2.05) is 12.2 Å². The zero-order valence-electron chi connectivity index (χ0n) is 71.7. The third-order valence-electron chi connectivity index (χ3n) is 15.7. The number of hydrogen-bond donors (Lipinski definition) is 4. The number of rotatable bonds is 82. The van der Waals surface area contributed by atoms with Crippen molar-refractivity contribution in [2.75, 3.05) is 178 Å². The summed E-state index contributed by atoms with van der Waals surface area (Å²) in [6.45, 7) is 19.4. The van der Waals surface area contributed by atoms with Gasteiger partial charge in [0.05, 0.1) is 101 Å². The molecule has 0 rings (SSSR count). The van der Waals surface area contributed by atoms with Gasteiger partial charge in [-0.25, -0.2) is 0 Å². The Kier molecular flexibility index (Phi) is 151. The predicted octanol–water partition coefficient (Wildman–Crippen LogP) is 19.6. The minimum absolute atomic E-state index is 0. The van der Waals surface area contributed by atoms with Crippen molar-refractivity contribution in [3.8, 4) is 0 Å². The number of alkyl halides is 6. The summed E-state index contributed by atoms with van der Waals surface area (Å²) < 4.78 is 47.4. The second-order valence-electron chi connectivity index (χ2n) is 26.4. The van der Waals surface area contributed by atoms with Gasteiger partial charge in [0.2, 0.25) is 0 Å². The van der Waals surface area contributed by atoms with E-state index >= 15 is 0 Å². The molecule has 0 aromatic carbocycles. The minimum atomic E-state index is -0.139. The molecule has 0 aliphatic carbocycles. The number of thiol groups is 3. The Morgan fingerprint density at radius 2 is 0.496 bits per heavy atom. The van der Waals surface area contributed by atoms with Gasteiger partial charge < -0.3 is 49.2 Å². The monoisotopic (exact) mass is 1840 g/mol. The average Bonchev–Trinajstić information content (AvgIpc) is 1.26. The molecular formula is C84H160Cl7NaO17S4. The maximum atomic E-state index is 10.9. The number of aliphatic hydroxyl groups is 1. The normalized spacial score (nSPS) is 10.3. The zero-order valence-corrected chi connectivity index (χ0v) is 81.5. The molecule has 0 saturated carbocycles. The molecule has 0 bridgehead atoms. The summed E-state index contributed by atoms with van der Waals surface area (Å²) in [6.07, 6.45) is 58.7. The molecule has 672 valence electrons. The summed E-state index contributed by atoms with van der Waals surface area (Å²) in [4.78, 5) is 73.4. The van der Waals surface area contributed by atoms with E-state index in [0.29, 0.717) is 59.5 Å². The molecule has 0 saturated heterocycles. The van der Waals surface area contributed by atoms with Gasteiger partial charge >= 0.3 is 29.6 Å². The summed E-state index contributed by atoms with van der Waals surface area (Å²) in [7, 11) is 0. The number of aliphatic hydroxyl groups excluding tert-OH is 1. The van der Waals surface area contributed by atoms with Crippen molar-refractivity contribution in [3.63, 3.8) is 0 Å².